The Morgan fingerprint density at radius 1 is 1.29 bits per heavy atom. The molecule has 0 radical (unpaired) electrons. The van der Waals surface area contributed by atoms with Gasteiger partial charge in [-0.2, -0.15) is 0 Å². The van der Waals surface area contributed by atoms with Crippen LogP contribution >= 0.6 is 15.9 Å². The molecular formula is C16H22BrN3O. The third-order valence-corrected chi connectivity index (χ3v) is 4.63. The molecule has 21 heavy (non-hydrogen) atoms. The Bertz CT molecular complexity index is 510. The summed E-state index contributed by atoms with van der Waals surface area (Å²) in [5.41, 5.74) is 1.91. The van der Waals surface area contributed by atoms with Gasteiger partial charge in [-0.25, -0.2) is 0 Å². The van der Waals surface area contributed by atoms with Crippen LogP contribution in [0, 0.1) is 5.92 Å². The normalized spacial score (nSPS) is 21.3. The molecule has 1 saturated heterocycles. The molecular weight excluding hydrogens is 330 g/mol. The maximum atomic E-state index is 12.2. The fourth-order valence-electron chi connectivity index (χ4n) is 2.70. The quantitative estimate of drug-likeness (QED) is 0.736. The summed E-state index contributed by atoms with van der Waals surface area (Å²) in [6, 6.07) is 6.58. The third-order valence-electron chi connectivity index (χ3n) is 4.13. The number of anilines is 2. The Kier molecular flexibility index (Phi) is 4.80. The molecule has 114 valence electrons. The van der Waals surface area contributed by atoms with Crippen LogP contribution in [0.15, 0.2) is 22.7 Å². The van der Waals surface area contributed by atoms with Crippen molar-refractivity contribution >= 4 is 33.2 Å². The first kappa shape index (κ1) is 14.9. The van der Waals surface area contributed by atoms with E-state index in [4.69, 9.17) is 0 Å². The van der Waals surface area contributed by atoms with E-state index in [-0.39, 0.29) is 5.91 Å². The Morgan fingerprint density at radius 3 is 2.86 bits per heavy atom. The van der Waals surface area contributed by atoms with Crippen LogP contribution < -0.4 is 16.0 Å². The van der Waals surface area contributed by atoms with E-state index < -0.39 is 0 Å². The summed E-state index contributed by atoms with van der Waals surface area (Å²) in [6.45, 7) is 2.14. The molecule has 3 N–H and O–H groups in total. The fourth-order valence-corrected chi connectivity index (χ4v) is 3.06. The Balaban J connectivity index is 1.56. The minimum Gasteiger partial charge on any atom is -0.381 e. The molecule has 4 nitrogen and oxygen atoms in total. The average Bonchev–Trinajstić information content (AvgIpc) is 3.12. The lowest BCUT2D eigenvalue weighted by molar-refractivity contribution is -0.116. The number of hydrogen-bond donors (Lipinski definition) is 3. The maximum Gasteiger partial charge on any atom is 0.224 e. The molecule has 2 fully saturated rings. The molecule has 5 heteroatoms. The summed E-state index contributed by atoms with van der Waals surface area (Å²) in [5.74, 6) is 0.765. The van der Waals surface area contributed by atoms with Crippen LogP contribution in [0.1, 0.15) is 32.1 Å². The highest BCUT2D eigenvalue weighted by molar-refractivity contribution is 9.10. The van der Waals surface area contributed by atoms with E-state index in [0.29, 0.717) is 18.4 Å². The summed E-state index contributed by atoms with van der Waals surface area (Å²) in [4.78, 5) is 12.2. The first-order valence-corrected chi connectivity index (χ1v) is 8.56. The summed E-state index contributed by atoms with van der Waals surface area (Å²) in [7, 11) is 0. The van der Waals surface area contributed by atoms with Crippen molar-refractivity contribution in [3.63, 3.8) is 0 Å². The predicted molar refractivity (Wildman–Crippen MR) is 89.6 cm³/mol. The number of nitrogens with one attached hydrogen (secondary N) is 3. The zero-order chi connectivity index (χ0) is 14.7. The molecule has 1 amide bonds. The van der Waals surface area contributed by atoms with Crippen LogP contribution in [0.4, 0.5) is 11.4 Å². The van der Waals surface area contributed by atoms with E-state index in [1.54, 1.807) is 0 Å². The number of carbonyl (C=O) groups is 1. The molecule has 1 aromatic rings. The zero-order valence-electron chi connectivity index (χ0n) is 12.1. The van der Waals surface area contributed by atoms with Gasteiger partial charge in [0.25, 0.3) is 0 Å². The van der Waals surface area contributed by atoms with Crippen molar-refractivity contribution in [2.24, 2.45) is 5.92 Å². The van der Waals surface area contributed by atoms with Crippen LogP contribution in [0.3, 0.4) is 0 Å². The standard InChI is InChI=1S/C16H22BrN3O/c17-12-2-5-14(19-13-3-4-13)15(9-12)20-16(21)6-1-11-7-8-18-10-11/h2,5,9,11,13,18-19H,1,3-4,6-8,10H2,(H,20,21). The summed E-state index contributed by atoms with van der Waals surface area (Å²) >= 11 is 3.47. The predicted octanol–water partition coefficient (Wildman–Crippen LogP) is 3.35. The number of hydrogen-bond acceptors (Lipinski definition) is 3. The highest BCUT2D eigenvalue weighted by atomic mass is 79.9. The van der Waals surface area contributed by atoms with Crippen molar-refractivity contribution in [1.82, 2.24) is 5.32 Å². The van der Waals surface area contributed by atoms with Crippen LogP contribution in [0.2, 0.25) is 0 Å². The van der Waals surface area contributed by atoms with Gasteiger partial charge in [0.05, 0.1) is 11.4 Å². The number of rotatable bonds is 6. The number of carbonyl (C=O) groups excluding carboxylic acids is 1. The highest BCUT2D eigenvalue weighted by Crippen LogP contribution is 2.31. The number of amides is 1. The minimum absolute atomic E-state index is 0.110. The molecule has 2 aliphatic rings. The summed E-state index contributed by atoms with van der Waals surface area (Å²) in [6.07, 6.45) is 5.20. The molecule has 1 saturated carbocycles. The van der Waals surface area contributed by atoms with Crippen molar-refractivity contribution in [3.8, 4) is 0 Å². The van der Waals surface area contributed by atoms with Crippen LogP contribution in [-0.4, -0.2) is 25.0 Å². The number of halogens is 1. The second-order valence-electron chi connectivity index (χ2n) is 6.05. The maximum absolute atomic E-state index is 12.2. The lowest BCUT2D eigenvalue weighted by Crippen LogP contribution is -2.16. The summed E-state index contributed by atoms with van der Waals surface area (Å²) in [5, 5.41) is 9.87. The van der Waals surface area contributed by atoms with Gasteiger partial charge in [-0.15, -0.1) is 0 Å². The van der Waals surface area contributed by atoms with E-state index in [1.807, 2.05) is 18.2 Å². The SMILES string of the molecule is O=C(CCC1CCNC1)Nc1cc(Br)ccc1NC1CC1. The Morgan fingerprint density at radius 2 is 2.14 bits per heavy atom. The van der Waals surface area contributed by atoms with E-state index in [9.17, 15) is 4.79 Å². The van der Waals surface area contributed by atoms with Gasteiger partial charge in [0.15, 0.2) is 0 Å². The van der Waals surface area contributed by atoms with Gasteiger partial charge >= 0.3 is 0 Å². The lowest BCUT2D eigenvalue weighted by atomic mass is 10.0. The van der Waals surface area contributed by atoms with Crippen LogP contribution in [-0.2, 0) is 4.79 Å². The van der Waals surface area contributed by atoms with Gasteiger partial charge in [-0.1, -0.05) is 15.9 Å². The molecule has 1 atom stereocenters. The third kappa shape index (κ3) is 4.45. The second kappa shape index (κ2) is 6.79. The lowest BCUT2D eigenvalue weighted by Gasteiger charge is -2.14. The molecule has 1 unspecified atom stereocenters. The van der Waals surface area contributed by atoms with Gasteiger partial charge in [-0.3, -0.25) is 4.79 Å². The molecule has 0 aromatic heterocycles. The second-order valence-corrected chi connectivity index (χ2v) is 6.97. The highest BCUT2D eigenvalue weighted by Gasteiger charge is 2.22. The smallest absolute Gasteiger partial charge is 0.224 e. The molecule has 1 aliphatic heterocycles. The van der Waals surface area contributed by atoms with Crippen molar-refractivity contribution in [2.75, 3.05) is 23.7 Å². The molecule has 1 aromatic carbocycles. The molecule has 1 heterocycles. The van der Waals surface area contributed by atoms with Crippen LogP contribution in [0.25, 0.3) is 0 Å². The first-order chi connectivity index (χ1) is 10.2. The van der Waals surface area contributed by atoms with E-state index in [0.717, 1.165) is 35.4 Å². The minimum atomic E-state index is 0.110. The van der Waals surface area contributed by atoms with E-state index in [2.05, 4.69) is 31.9 Å². The van der Waals surface area contributed by atoms with Gasteiger partial charge in [0.2, 0.25) is 5.91 Å². The first-order valence-electron chi connectivity index (χ1n) is 7.77. The van der Waals surface area contributed by atoms with Gasteiger partial charge < -0.3 is 16.0 Å². The summed E-state index contributed by atoms with van der Waals surface area (Å²) < 4.78 is 0.985. The topological polar surface area (TPSA) is 53.2 Å². The van der Waals surface area contributed by atoms with E-state index >= 15 is 0 Å². The fraction of sp³-hybridized carbons (Fsp3) is 0.562. The monoisotopic (exact) mass is 351 g/mol. The van der Waals surface area contributed by atoms with Crippen molar-refractivity contribution in [3.05, 3.63) is 22.7 Å². The number of benzene rings is 1. The van der Waals surface area contributed by atoms with Gasteiger partial charge in [0.1, 0.15) is 0 Å². The molecule has 0 spiro atoms. The Labute approximate surface area is 134 Å². The average molecular weight is 352 g/mol. The zero-order valence-corrected chi connectivity index (χ0v) is 13.7. The van der Waals surface area contributed by atoms with Crippen molar-refractivity contribution < 1.29 is 4.79 Å². The largest absolute Gasteiger partial charge is 0.381 e. The molecule has 3 rings (SSSR count). The van der Waals surface area contributed by atoms with Crippen LogP contribution in [0.5, 0.6) is 0 Å². The molecule has 0 bridgehead atoms. The van der Waals surface area contributed by atoms with Crippen molar-refractivity contribution in [1.29, 1.82) is 0 Å². The Hall–Kier alpha value is -1.07. The van der Waals surface area contributed by atoms with Crippen molar-refractivity contribution in [2.45, 2.75) is 38.1 Å². The van der Waals surface area contributed by atoms with Gasteiger partial charge in [0, 0.05) is 16.9 Å². The van der Waals surface area contributed by atoms with Gasteiger partial charge in [-0.05, 0) is 62.9 Å². The van der Waals surface area contributed by atoms with E-state index in [1.165, 1.54) is 19.3 Å². The molecule has 1 aliphatic carbocycles.